The summed E-state index contributed by atoms with van der Waals surface area (Å²) in [4.78, 5) is 31.5. The van der Waals surface area contributed by atoms with Crippen molar-refractivity contribution in [1.82, 2.24) is 0 Å². The number of aliphatic carboxylic acids is 1. The van der Waals surface area contributed by atoms with Crippen LogP contribution in [-0.2, 0) is 9.59 Å². The topological polar surface area (TPSA) is 110 Å². The van der Waals surface area contributed by atoms with Crippen LogP contribution in [-0.4, -0.2) is 33.4 Å². The van der Waals surface area contributed by atoms with Crippen molar-refractivity contribution < 1.29 is 24.0 Å². The van der Waals surface area contributed by atoms with Crippen molar-refractivity contribution >= 4 is 35.0 Å². The SMILES string of the molecule is O=C(O)CSCC(=O)Nc1ccc(F)cc1[N+](=O)[O-]. The number of hydrogen-bond acceptors (Lipinski definition) is 5. The molecule has 0 fully saturated rings. The first-order valence-corrected chi connectivity index (χ1v) is 6.09. The highest BCUT2D eigenvalue weighted by Gasteiger charge is 2.17. The van der Waals surface area contributed by atoms with Gasteiger partial charge < -0.3 is 10.4 Å². The highest BCUT2D eigenvalue weighted by atomic mass is 32.2. The number of nitrogens with zero attached hydrogens (tertiary/aromatic N) is 1. The number of carboxylic acid groups (broad SMARTS) is 1. The maximum absolute atomic E-state index is 12.8. The zero-order valence-electron chi connectivity index (χ0n) is 9.46. The van der Waals surface area contributed by atoms with Crippen molar-refractivity contribution in [3.8, 4) is 0 Å². The zero-order valence-corrected chi connectivity index (χ0v) is 10.3. The zero-order chi connectivity index (χ0) is 14.4. The maximum atomic E-state index is 12.8. The van der Waals surface area contributed by atoms with Crippen LogP contribution < -0.4 is 5.32 Å². The summed E-state index contributed by atoms with van der Waals surface area (Å²) in [5.74, 6) is -2.86. The highest BCUT2D eigenvalue weighted by Crippen LogP contribution is 2.25. The first-order chi connectivity index (χ1) is 8.90. The first kappa shape index (κ1) is 14.9. The first-order valence-electron chi connectivity index (χ1n) is 4.93. The van der Waals surface area contributed by atoms with Crippen LogP contribution in [0.25, 0.3) is 0 Å². The molecule has 0 heterocycles. The molecule has 0 saturated heterocycles. The number of carboxylic acids is 1. The lowest BCUT2D eigenvalue weighted by Gasteiger charge is -2.05. The molecule has 0 saturated carbocycles. The van der Waals surface area contributed by atoms with E-state index in [1.54, 1.807) is 0 Å². The number of thioether (sulfide) groups is 1. The molecule has 1 rings (SSSR count). The molecule has 0 spiro atoms. The fraction of sp³-hybridized carbons (Fsp3) is 0.200. The van der Waals surface area contributed by atoms with Gasteiger partial charge in [-0.15, -0.1) is 11.8 Å². The third-order valence-electron chi connectivity index (χ3n) is 1.89. The van der Waals surface area contributed by atoms with Crippen LogP contribution in [0.5, 0.6) is 0 Å². The van der Waals surface area contributed by atoms with Crippen LogP contribution in [0.4, 0.5) is 15.8 Å². The van der Waals surface area contributed by atoms with E-state index in [0.717, 1.165) is 23.9 Å². The Morgan fingerprint density at radius 1 is 1.42 bits per heavy atom. The van der Waals surface area contributed by atoms with Crippen molar-refractivity contribution in [1.29, 1.82) is 0 Å². The van der Waals surface area contributed by atoms with E-state index in [1.165, 1.54) is 0 Å². The summed E-state index contributed by atoms with van der Waals surface area (Å²) < 4.78 is 12.8. The standard InChI is InChI=1S/C10H9FN2O5S/c11-6-1-2-7(8(3-6)13(17)18)12-9(14)4-19-5-10(15)16/h1-3H,4-5H2,(H,12,14)(H,15,16). The summed E-state index contributed by atoms with van der Waals surface area (Å²) in [5, 5.41) is 21.3. The molecule has 0 unspecified atom stereocenters. The largest absolute Gasteiger partial charge is 0.481 e. The van der Waals surface area contributed by atoms with Crippen molar-refractivity contribution in [2.45, 2.75) is 0 Å². The Hall–Kier alpha value is -2.16. The number of amides is 1. The van der Waals surface area contributed by atoms with Crippen molar-refractivity contribution in [2.24, 2.45) is 0 Å². The van der Waals surface area contributed by atoms with Crippen molar-refractivity contribution in [3.05, 3.63) is 34.1 Å². The summed E-state index contributed by atoms with van der Waals surface area (Å²) in [5.41, 5.74) is -0.691. The number of hydrogen-bond donors (Lipinski definition) is 2. The number of nitro benzene ring substituents is 1. The smallest absolute Gasteiger partial charge is 0.313 e. The van der Waals surface area contributed by atoms with E-state index in [4.69, 9.17) is 5.11 Å². The van der Waals surface area contributed by atoms with E-state index < -0.39 is 28.3 Å². The molecule has 1 aromatic rings. The number of rotatable bonds is 6. The maximum Gasteiger partial charge on any atom is 0.313 e. The van der Waals surface area contributed by atoms with Crippen LogP contribution in [0.15, 0.2) is 18.2 Å². The summed E-state index contributed by atoms with van der Waals surface area (Å²) in [6, 6.07) is 2.75. The molecule has 7 nitrogen and oxygen atoms in total. The van der Waals surface area contributed by atoms with Gasteiger partial charge in [0.15, 0.2) is 0 Å². The van der Waals surface area contributed by atoms with E-state index in [2.05, 4.69) is 5.32 Å². The van der Waals surface area contributed by atoms with E-state index >= 15 is 0 Å². The fourth-order valence-electron chi connectivity index (χ4n) is 1.18. The average molecular weight is 288 g/mol. The van der Waals surface area contributed by atoms with E-state index in [-0.39, 0.29) is 17.2 Å². The Bertz CT molecular complexity index is 523. The predicted octanol–water partition coefficient (Wildman–Crippen LogP) is 1.49. The number of carbonyl (C=O) groups excluding carboxylic acids is 1. The minimum Gasteiger partial charge on any atom is -0.481 e. The number of nitrogens with one attached hydrogen (secondary N) is 1. The van der Waals surface area contributed by atoms with Gasteiger partial charge in [0.2, 0.25) is 5.91 Å². The van der Waals surface area contributed by atoms with E-state index in [9.17, 15) is 24.1 Å². The monoisotopic (exact) mass is 288 g/mol. The summed E-state index contributed by atoms with van der Waals surface area (Å²) in [6.45, 7) is 0. The van der Waals surface area contributed by atoms with Gasteiger partial charge in [-0.25, -0.2) is 4.39 Å². The Morgan fingerprint density at radius 3 is 2.68 bits per heavy atom. The van der Waals surface area contributed by atoms with Crippen molar-refractivity contribution in [3.63, 3.8) is 0 Å². The fourth-order valence-corrected chi connectivity index (χ4v) is 1.71. The van der Waals surface area contributed by atoms with Crippen LogP contribution in [0, 0.1) is 15.9 Å². The van der Waals surface area contributed by atoms with Gasteiger partial charge in [-0.3, -0.25) is 19.7 Å². The number of nitro groups is 1. The lowest BCUT2D eigenvalue weighted by atomic mass is 10.2. The molecule has 0 aliphatic rings. The van der Waals surface area contributed by atoms with Gasteiger partial charge in [-0.05, 0) is 12.1 Å². The number of halogens is 1. The van der Waals surface area contributed by atoms with Crippen LogP contribution in [0.3, 0.4) is 0 Å². The normalized spacial score (nSPS) is 9.95. The van der Waals surface area contributed by atoms with Gasteiger partial charge in [0.1, 0.15) is 11.5 Å². The minimum atomic E-state index is -1.06. The Morgan fingerprint density at radius 2 is 2.11 bits per heavy atom. The van der Waals surface area contributed by atoms with Gasteiger partial charge in [0.05, 0.1) is 22.5 Å². The van der Waals surface area contributed by atoms with Crippen LogP contribution >= 0.6 is 11.8 Å². The second-order valence-electron chi connectivity index (χ2n) is 3.35. The quantitative estimate of drug-likeness (QED) is 0.606. The highest BCUT2D eigenvalue weighted by molar-refractivity contribution is 8.00. The summed E-state index contributed by atoms with van der Waals surface area (Å²) in [7, 11) is 0. The van der Waals surface area contributed by atoms with E-state index in [0.29, 0.717) is 6.07 Å². The molecule has 0 aromatic heterocycles. The molecule has 102 valence electrons. The summed E-state index contributed by atoms with van der Waals surface area (Å²) >= 11 is 0.851. The van der Waals surface area contributed by atoms with Gasteiger partial charge in [0.25, 0.3) is 5.69 Å². The minimum absolute atomic E-state index is 0.132. The Labute approximate surface area is 110 Å². The molecule has 0 aliphatic heterocycles. The molecular formula is C10H9FN2O5S. The molecule has 19 heavy (non-hydrogen) atoms. The van der Waals surface area contributed by atoms with Gasteiger partial charge in [-0.2, -0.15) is 0 Å². The molecule has 1 amide bonds. The summed E-state index contributed by atoms with van der Waals surface area (Å²) in [6.07, 6.45) is 0. The molecule has 9 heteroatoms. The third kappa shape index (κ3) is 4.92. The van der Waals surface area contributed by atoms with Crippen molar-refractivity contribution in [2.75, 3.05) is 16.8 Å². The second-order valence-corrected chi connectivity index (χ2v) is 4.34. The number of carbonyl (C=O) groups is 2. The van der Waals surface area contributed by atoms with Gasteiger partial charge in [0, 0.05) is 0 Å². The van der Waals surface area contributed by atoms with Gasteiger partial charge in [-0.1, -0.05) is 0 Å². The van der Waals surface area contributed by atoms with Crippen LogP contribution in [0.1, 0.15) is 0 Å². The molecule has 2 N–H and O–H groups in total. The van der Waals surface area contributed by atoms with Gasteiger partial charge >= 0.3 is 5.97 Å². The van der Waals surface area contributed by atoms with Crippen LogP contribution in [0.2, 0.25) is 0 Å². The molecular weight excluding hydrogens is 279 g/mol. The van der Waals surface area contributed by atoms with E-state index in [1.807, 2.05) is 0 Å². The number of benzene rings is 1. The Balaban J connectivity index is 2.68. The second kappa shape index (κ2) is 6.69. The molecule has 0 bridgehead atoms. The lowest BCUT2D eigenvalue weighted by molar-refractivity contribution is -0.384. The molecule has 0 atom stereocenters. The Kier molecular flexibility index (Phi) is 5.24. The predicted molar refractivity (Wildman–Crippen MR) is 66.6 cm³/mol. The average Bonchev–Trinajstić information content (AvgIpc) is 2.30. The third-order valence-corrected chi connectivity index (χ3v) is 2.81. The lowest BCUT2D eigenvalue weighted by Crippen LogP contribution is -2.16. The molecule has 1 aromatic carbocycles. The molecule has 0 aliphatic carbocycles. The molecule has 0 radical (unpaired) electrons. The number of anilines is 1.